The van der Waals surface area contributed by atoms with E-state index < -0.39 is 5.72 Å². The minimum atomic E-state index is -0.493. The first kappa shape index (κ1) is 12.9. The smallest absolute Gasteiger partial charge is 0.111 e. The molecule has 0 spiro atoms. The van der Waals surface area contributed by atoms with Gasteiger partial charge in [0.2, 0.25) is 0 Å². The summed E-state index contributed by atoms with van der Waals surface area (Å²) in [4.78, 5) is 0. The van der Waals surface area contributed by atoms with Crippen molar-refractivity contribution in [3.63, 3.8) is 0 Å². The molecule has 0 fully saturated rings. The second-order valence-corrected chi connectivity index (χ2v) is 5.35. The molecule has 2 heteroatoms. The van der Waals surface area contributed by atoms with E-state index in [4.69, 9.17) is 10.5 Å². The van der Waals surface area contributed by atoms with Gasteiger partial charge in [-0.2, -0.15) is 0 Å². The fraction of sp³-hybridized carbons (Fsp3) is 1.00. The zero-order chi connectivity index (χ0) is 10.7. The van der Waals surface area contributed by atoms with Crippen LogP contribution in [0.25, 0.3) is 0 Å². The molecule has 13 heavy (non-hydrogen) atoms. The number of nitrogens with two attached hydrogens (primary N) is 1. The molecule has 0 bridgehead atoms. The van der Waals surface area contributed by atoms with Gasteiger partial charge in [0.1, 0.15) is 5.72 Å². The van der Waals surface area contributed by atoms with Crippen LogP contribution in [-0.2, 0) is 4.74 Å². The largest absolute Gasteiger partial charge is 0.361 e. The molecule has 0 aromatic carbocycles. The Labute approximate surface area is 82.8 Å². The van der Waals surface area contributed by atoms with Crippen molar-refractivity contribution in [3.05, 3.63) is 0 Å². The fourth-order valence-corrected chi connectivity index (χ4v) is 0.866. The van der Waals surface area contributed by atoms with Crippen molar-refractivity contribution in [1.29, 1.82) is 0 Å². The summed E-state index contributed by atoms with van der Waals surface area (Å²) < 4.78 is 5.49. The summed E-state index contributed by atoms with van der Waals surface area (Å²) in [5, 5.41) is 0. The van der Waals surface area contributed by atoms with Crippen LogP contribution in [-0.4, -0.2) is 12.3 Å². The fourth-order valence-electron chi connectivity index (χ4n) is 0.866. The lowest BCUT2D eigenvalue weighted by Crippen LogP contribution is -2.36. The summed E-state index contributed by atoms with van der Waals surface area (Å²) in [5.74, 6) is 0.678. The SMILES string of the molecule is CC(C)C(C)(C)CCOC(C)(C)N. The topological polar surface area (TPSA) is 35.2 Å². The third-order valence-electron chi connectivity index (χ3n) is 2.78. The molecule has 2 N–H and O–H groups in total. The van der Waals surface area contributed by atoms with E-state index in [1.807, 2.05) is 13.8 Å². The van der Waals surface area contributed by atoms with Gasteiger partial charge in [-0.05, 0) is 31.6 Å². The van der Waals surface area contributed by atoms with Gasteiger partial charge < -0.3 is 10.5 Å². The molecule has 0 saturated heterocycles. The maximum absolute atomic E-state index is 5.72. The third-order valence-corrected chi connectivity index (χ3v) is 2.78. The first-order valence-corrected chi connectivity index (χ1v) is 5.08. The normalized spacial score (nSPS) is 13.8. The average Bonchev–Trinajstić information content (AvgIpc) is 1.82. The van der Waals surface area contributed by atoms with Crippen molar-refractivity contribution >= 4 is 0 Å². The molecular weight excluding hydrogens is 162 g/mol. The van der Waals surface area contributed by atoms with Gasteiger partial charge in [-0.1, -0.05) is 27.7 Å². The Morgan fingerprint density at radius 1 is 1.15 bits per heavy atom. The third kappa shape index (κ3) is 6.05. The van der Waals surface area contributed by atoms with Crippen LogP contribution in [0.1, 0.15) is 48.0 Å². The molecule has 0 aromatic heterocycles. The lowest BCUT2D eigenvalue weighted by Gasteiger charge is -2.30. The molecular formula is C11H25NO. The predicted molar refractivity (Wildman–Crippen MR) is 57.5 cm³/mol. The van der Waals surface area contributed by atoms with Crippen molar-refractivity contribution in [2.75, 3.05) is 6.61 Å². The monoisotopic (exact) mass is 187 g/mol. The van der Waals surface area contributed by atoms with E-state index >= 15 is 0 Å². The second-order valence-electron chi connectivity index (χ2n) is 5.35. The molecule has 0 amide bonds. The summed E-state index contributed by atoms with van der Waals surface area (Å²) in [6.45, 7) is 13.5. The zero-order valence-corrected chi connectivity index (χ0v) is 9.98. The Balaban J connectivity index is 3.77. The maximum atomic E-state index is 5.72. The average molecular weight is 187 g/mol. The maximum Gasteiger partial charge on any atom is 0.111 e. The Hall–Kier alpha value is -0.0800. The van der Waals surface area contributed by atoms with E-state index in [1.54, 1.807) is 0 Å². The van der Waals surface area contributed by atoms with Crippen LogP contribution >= 0.6 is 0 Å². The van der Waals surface area contributed by atoms with Crippen molar-refractivity contribution in [3.8, 4) is 0 Å². The van der Waals surface area contributed by atoms with Gasteiger partial charge >= 0.3 is 0 Å². The van der Waals surface area contributed by atoms with Crippen LogP contribution in [0.5, 0.6) is 0 Å². The van der Waals surface area contributed by atoms with Gasteiger partial charge in [0, 0.05) is 6.61 Å². The molecule has 0 aliphatic heterocycles. The first-order chi connectivity index (χ1) is 5.65. The summed E-state index contributed by atoms with van der Waals surface area (Å²) in [6.07, 6.45) is 1.06. The van der Waals surface area contributed by atoms with Crippen molar-refractivity contribution in [1.82, 2.24) is 0 Å². The molecule has 0 saturated carbocycles. The van der Waals surface area contributed by atoms with Crippen molar-refractivity contribution in [2.24, 2.45) is 17.1 Å². The second kappa shape index (κ2) is 4.43. The van der Waals surface area contributed by atoms with E-state index in [0.29, 0.717) is 11.3 Å². The summed E-state index contributed by atoms with van der Waals surface area (Å²) in [6, 6.07) is 0. The predicted octanol–water partition coefficient (Wildman–Crippen LogP) is 2.77. The van der Waals surface area contributed by atoms with Crippen LogP contribution < -0.4 is 5.73 Å². The van der Waals surface area contributed by atoms with Crippen LogP contribution in [0, 0.1) is 11.3 Å². The number of hydrogen-bond acceptors (Lipinski definition) is 2. The molecule has 0 rings (SSSR count). The molecule has 0 radical (unpaired) electrons. The minimum Gasteiger partial charge on any atom is -0.361 e. The molecule has 80 valence electrons. The Kier molecular flexibility index (Phi) is 4.40. The molecule has 0 atom stereocenters. The Morgan fingerprint density at radius 3 is 1.92 bits per heavy atom. The standard InChI is InChI=1S/C11H25NO/c1-9(2)10(3,4)7-8-13-11(5,6)12/h9H,7-8,12H2,1-6H3. The van der Waals surface area contributed by atoms with Crippen molar-refractivity contribution in [2.45, 2.75) is 53.7 Å². The van der Waals surface area contributed by atoms with Crippen LogP contribution in [0.4, 0.5) is 0 Å². The Morgan fingerprint density at radius 2 is 1.62 bits per heavy atom. The first-order valence-electron chi connectivity index (χ1n) is 5.08. The van der Waals surface area contributed by atoms with Crippen LogP contribution in [0.2, 0.25) is 0 Å². The molecule has 2 nitrogen and oxygen atoms in total. The van der Waals surface area contributed by atoms with E-state index in [-0.39, 0.29) is 0 Å². The molecule has 0 aliphatic rings. The van der Waals surface area contributed by atoms with Gasteiger partial charge in [-0.25, -0.2) is 0 Å². The number of ether oxygens (including phenoxy) is 1. The van der Waals surface area contributed by atoms with Crippen LogP contribution in [0.3, 0.4) is 0 Å². The highest BCUT2D eigenvalue weighted by Gasteiger charge is 2.22. The van der Waals surface area contributed by atoms with Gasteiger partial charge in [-0.15, -0.1) is 0 Å². The Bertz CT molecular complexity index is 145. The summed E-state index contributed by atoms with van der Waals surface area (Å²) in [7, 11) is 0. The minimum absolute atomic E-state index is 0.339. The molecule has 0 unspecified atom stereocenters. The van der Waals surface area contributed by atoms with E-state index in [9.17, 15) is 0 Å². The van der Waals surface area contributed by atoms with Gasteiger partial charge in [0.25, 0.3) is 0 Å². The zero-order valence-electron chi connectivity index (χ0n) is 9.98. The highest BCUT2D eigenvalue weighted by molar-refractivity contribution is 4.72. The van der Waals surface area contributed by atoms with Crippen LogP contribution in [0.15, 0.2) is 0 Å². The van der Waals surface area contributed by atoms with Gasteiger partial charge in [0.05, 0.1) is 0 Å². The highest BCUT2D eigenvalue weighted by Crippen LogP contribution is 2.30. The molecule has 0 aromatic rings. The summed E-state index contributed by atoms with van der Waals surface area (Å²) in [5.41, 5.74) is 5.56. The molecule has 0 aliphatic carbocycles. The van der Waals surface area contributed by atoms with E-state index in [2.05, 4.69) is 27.7 Å². The number of hydrogen-bond donors (Lipinski definition) is 1. The lowest BCUT2D eigenvalue weighted by molar-refractivity contribution is -0.0284. The van der Waals surface area contributed by atoms with Crippen molar-refractivity contribution < 1.29 is 4.74 Å². The van der Waals surface area contributed by atoms with Gasteiger partial charge in [-0.3, -0.25) is 0 Å². The molecule has 0 heterocycles. The van der Waals surface area contributed by atoms with E-state index in [0.717, 1.165) is 13.0 Å². The lowest BCUT2D eigenvalue weighted by atomic mass is 9.79. The number of rotatable bonds is 5. The summed E-state index contributed by atoms with van der Waals surface area (Å²) >= 11 is 0. The quantitative estimate of drug-likeness (QED) is 0.672. The van der Waals surface area contributed by atoms with E-state index in [1.165, 1.54) is 0 Å². The van der Waals surface area contributed by atoms with Gasteiger partial charge in [0.15, 0.2) is 0 Å². The highest BCUT2D eigenvalue weighted by atomic mass is 16.5.